The average Bonchev–Trinajstić information content (AvgIpc) is 2.94. The van der Waals surface area contributed by atoms with Crippen LogP contribution < -0.4 is 4.90 Å². The van der Waals surface area contributed by atoms with Gasteiger partial charge in [-0.1, -0.05) is 71.4 Å². The first-order chi connectivity index (χ1) is 13.5. The molecule has 1 unspecified atom stereocenters. The van der Waals surface area contributed by atoms with Gasteiger partial charge in [-0.3, -0.25) is 9.69 Å². The summed E-state index contributed by atoms with van der Waals surface area (Å²) in [6, 6.07) is 23.5. The van der Waals surface area contributed by atoms with Crippen LogP contribution in [-0.4, -0.2) is 11.0 Å². The first kappa shape index (κ1) is 18.9. The van der Waals surface area contributed by atoms with E-state index in [9.17, 15) is 9.90 Å². The van der Waals surface area contributed by atoms with Crippen molar-refractivity contribution in [3.8, 4) is 0 Å². The lowest BCUT2D eigenvalue weighted by Crippen LogP contribution is -2.30. The number of nitrogens with zero attached hydrogens (tertiary/aromatic N) is 1. The molecule has 0 bridgehead atoms. The van der Waals surface area contributed by atoms with Crippen molar-refractivity contribution in [2.24, 2.45) is 0 Å². The Morgan fingerprint density at radius 2 is 1.57 bits per heavy atom. The predicted molar refractivity (Wildman–Crippen MR) is 115 cm³/mol. The lowest BCUT2D eigenvalue weighted by atomic mass is 10.1. The van der Waals surface area contributed by atoms with Crippen LogP contribution in [0.4, 0.5) is 5.69 Å². The summed E-state index contributed by atoms with van der Waals surface area (Å²) in [4.78, 5) is 16.1. The quantitative estimate of drug-likeness (QED) is 0.506. The standard InChI is InChI=1S/C22H15Cl2NO2S/c23-15-11-9-14(10-12-15)19-21(28-18-7-2-1-3-8-18)20(26)22(27)25(19)17-6-4-5-16(24)13-17/h1-13,19,26H. The van der Waals surface area contributed by atoms with E-state index in [1.54, 1.807) is 41.3 Å². The van der Waals surface area contributed by atoms with E-state index in [0.29, 0.717) is 20.6 Å². The minimum Gasteiger partial charge on any atom is -0.502 e. The molecular weight excluding hydrogens is 413 g/mol. The third kappa shape index (κ3) is 3.63. The molecule has 0 aromatic heterocycles. The highest BCUT2D eigenvalue weighted by atomic mass is 35.5. The molecule has 0 fully saturated rings. The lowest BCUT2D eigenvalue weighted by molar-refractivity contribution is -0.117. The number of aliphatic hydroxyl groups excluding tert-OH is 1. The molecule has 3 nitrogen and oxygen atoms in total. The number of amides is 1. The normalized spacial score (nSPS) is 16.7. The molecule has 3 aromatic rings. The number of carbonyl (C=O) groups excluding carboxylic acids is 1. The fraction of sp³-hybridized carbons (Fsp3) is 0.0455. The maximum atomic E-state index is 13.0. The Balaban J connectivity index is 1.83. The molecule has 0 saturated carbocycles. The Morgan fingerprint density at radius 3 is 2.25 bits per heavy atom. The average molecular weight is 428 g/mol. The molecule has 0 spiro atoms. The summed E-state index contributed by atoms with van der Waals surface area (Å²) in [6.45, 7) is 0. The van der Waals surface area contributed by atoms with Gasteiger partial charge in [0.2, 0.25) is 0 Å². The number of aliphatic hydroxyl groups is 1. The molecule has 1 aliphatic rings. The highest BCUT2D eigenvalue weighted by Crippen LogP contribution is 2.48. The zero-order valence-corrected chi connectivity index (χ0v) is 16.9. The van der Waals surface area contributed by atoms with Gasteiger partial charge in [0, 0.05) is 20.6 Å². The Kier molecular flexibility index (Phi) is 5.36. The first-order valence-electron chi connectivity index (χ1n) is 8.55. The molecule has 1 aliphatic heterocycles. The second-order valence-corrected chi connectivity index (χ2v) is 8.23. The second-order valence-electron chi connectivity index (χ2n) is 6.24. The van der Waals surface area contributed by atoms with Crippen molar-refractivity contribution in [2.45, 2.75) is 10.9 Å². The maximum absolute atomic E-state index is 13.0. The molecule has 0 aliphatic carbocycles. The van der Waals surface area contributed by atoms with Crippen LogP contribution in [0.5, 0.6) is 0 Å². The minimum absolute atomic E-state index is 0.256. The monoisotopic (exact) mass is 427 g/mol. The van der Waals surface area contributed by atoms with Gasteiger partial charge in [-0.05, 0) is 48.0 Å². The van der Waals surface area contributed by atoms with Crippen LogP contribution in [0, 0.1) is 0 Å². The van der Waals surface area contributed by atoms with Gasteiger partial charge in [0.05, 0.1) is 10.9 Å². The van der Waals surface area contributed by atoms with E-state index in [-0.39, 0.29) is 5.76 Å². The van der Waals surface area contributed by atoms with Gasteiger partial charge in [0.1, 0.15) is 0 Å². The predicted octanol–water partition coefficient (Wildman–Crippen LogP) is 6.64. The number of hydrogen-bond acceptors (Lipinski definition) is 3. The van der Waals surface area contributed by atoms with E-state index >= 15 is 0 Å². The fourth-order valence-electron chi connectivity index (χ4n) is 3.14. The molecule has 140 valence electrons. The summed E-state index contributed by atoms with van der Waals surface area (Å²) in [5.41, 5.74) is 1.47. The van der Waals surface area contributed by atoms with Gasteiger partial charge in [-0.2, -0.15) is 0 Å². The Bertz CT molecular complexity index is 1050. The van der Waals surface area contributed by atoms with Gasteiger partial charge in [0.15, 0.2) is 5.76 Å². The van der Waals surface area contributed by atoms with E-state index in [0.717, 1.165) is 10.5 Å². The third-order valence-corrected chi connectivity index (χ3v) is 6.04. The topological polar surface area (TPSA) is 40.5 Å². The number of benzene rings is 3. The van der Waals surface area contributed by atoms with Gasteiger partial charge >= 0.3 is 0 Å². The summed E-state index contributed by atoms with van der Waals surface area (Å²) in [5, 5.41) is 11.8. The van der Waals surface area contributed by atoms with E-state index in [4.69, 9.17) is 23.2 Å². The van der Waals surface area contributed by atoms with E-state index in [1.165, 1.54) is 11.8 Å². The van der Waals surface area contributed by atoms with Gasteiger partial charge < -0.3 is 5.11 Å². The van der Waals surface area contributed by atoms with Crippen LogP contribution in [0.25, 0.3) is 0 Å². The highest BCUT2D eigenvalue weighted by molar-refractivity contribution is 8.03. The number of thioether (sulfide) groups is 1. The van der Waals surface area contributed by atoms with Crippen LogP contribution in [0.3, 0.4) is 0 Å². The van der Waals surface area contributed by atoms with Crippen molar-refractivity contribution >= 4 is 46.6 Å². The van der Waals surface area contributed by atoms with Crippen LogP contribution in [0.1, 0.15) is 11.6 Å². The highest BCUT2D eigenvalue weighted by Gasteiger charge is 2.42. The van der Waals surface area contributed by atoms with E-state index in [2.05, 4.69) is 0 Å². The molecule has 4 rings (SSSR count). The van der Waals surface area contributed by atoms with Crippen molar-refractivity contribution in [3.05, 3.63) is 105 Å². The van der Waals surface area contributed by atoms with Gasteiger partial charge in [-0.15, -0.1) is 0 Å². The van der Waals surface area contributed by atoms with Crippen molar-refractivity contribution in [1.82, 2.24) is 0 Å². The van der Waals surface area contributed by atoms with Crippen molar-refractivity contribution in [2.75, 3.05) is 4.90 Å². The van der Waals surface area contributed by atoms with Crippen molar-refractivity contribution in [1.29, 1.82) is 0 Å². The molecule has 1 N–H and O–H groups in total. The van der Waals surface area contributed by atoms with Gasteiger partial charge in [0.25, 0.3) is 5.91 Å². The SMILES string of the molecule is O=C1C(O)=C(Sc2ccccc2)C(c2ccc(Cl)cc2)N1c1cccc(Cl)c1. The van der Waals surface area contributed by atoms with E-state index in [1.807, 2.05) is 42.5 Å². The zero-order chi connectivity index (χ0) is 19.7. The molecular formula is C22H15Cl2NO2S. The number of rotatable bonds is 4. The second kappa shape index (κ2) is 7.92. The molecule has 1 atom stereocenters. The zero-order valence-electron chi connectivity index (χ0n) is 14.5. The third-order valence-electron chi connectivity index (χ3n) is 4.40. The fourth-order valence-corrected chi connectivity index (χ4v) is 4.54. The molecule has 0 saturated heterocycles. The molecule has 3 aromatic carbocycles. The number of anilines is 1. The summed E-state index contributed by atoms with van der Waals surface area (Å²) in [6.07, 6.45) is 0. The summed E-state index contributed by atoms with van der Waals surface area (Å²) < 4.78 is 0. The Labute approximate surface area is 177 Å². The summed E-state index contributed by atoms with van der Waals surface area (Å²) >= 11 is 13.6. The molecule has 1 heterocycles. The maximum Gasteiger partial charge on any atom is 0.294 e. The van der Waals surface area contributed by atoms with Crippen molar-refractivity contribution < 1.29 is 9.90 Å². The Morgan fingerprint density at radius 1 is 0.857 bits per heavy atom. The van der Waals surface area contributed by atoms with Gasteiger partial charge in [-0.25, -0.2) is 0 Å². The molecule has 28 heavy (non-hydrogen) atoms. The minimum atomic E-state index is -0.478. The first-order valence-corrected chi connectivity index (χ1v) is 10.1. The summed E-state index contributed by atoms with van der Waals surface area (Å²) in [7, 11) is 0. The number of halogens is 2. The smallest absolute Gasteiger partial charge is 0.294 e. The van der Waals surface area contributed by atoms with Crippen LogP contribution in [0.15, 0.2) is 94.4 Å². The molecule has 6 heteroatoms. The molecule has 0 radical (unpaired) electrons. The lowest BCUT2D eigenvalue weighted by Gasteiger charge is -2.27. The van der Waals surface area contributed by atoms with E-state index < -0.39 is 11.9 Å². The van der Waals surface area contributed by atoms with Crippen LogP contribution in [-0.2, 0) is 4.79 Å². The Hall–Kier alpha value is -2.40. The number of carbonyl (C=O) groups is 1. The largest absolute Gasteiger partial charge is 0.502 e. The van der Waals surface area contributed by atoms with Crippen LogP contribution in [0.2, 0.25) is 10.0 Å². The molecule has 1 amide bonds. The van der Waals surface area contributed by atoms with Crippen LogP contribution >= 0.6 is 35.0 Å². The summed E-state index contributed by atoms with van der Waals surface area (Å²) in [5.74, 6) is -0.713. The van der Waals surface area contributed by atoms with Crippen molar-refractivity contribution in [3.63, 3.8) is 0 Å². The number of hydrogen-bond donors (Lipinski definition) is 1.